The summed E-state index contributed by atoms with van der Waals surface area (Å²) in [7, 11) is 0. The molecule has 0 spiro atoms. The van der Waals surface area contributed by atoms with Gasteiger partial charge >= 0.3 is 0 Å². The third-order valence-electron chi connectivity index (χ3n) is 3.87. The van der Waals surface area contributed by atoms with E-state index in [-0.39, 0.29) is 5.91 Å². The first-order valence-electron chi connectivity index (χ1n) is 8.32. The van der Waals surface area contributed by atoms with Crippen LogP contribution in [0.4, 0.5) is 5.69 Å². The zero-order chi connectivity index (χ0) is 17.5. The van der Waals surface area contributed by atoms with Crippen molar-refractivity contribution in [3.63, 3.8) is 0 Å². The monoisotopic (exact) mass is 326 g/mol. The van der Waals surface area contributed by atoms with Gasteiger partial charge in [-0.1, -0.05) is 38.1 Å². The van der Waals surface area contributed by atoms with Crippen LogP contribution in [0.3, 0.4) is 0 Å². The molecule has 0 saturated heterocycles. The fraction of sp³-hybridized carbons (Fsp3) is 0.350. The molecule has 0 radical (unpaired) electrons. The first kappa shape index (κ1) is 17.9. The van der Waals surface area contributed by atoms with Gasteiger partial charge in [0.15, 0.2) is 0 Å². The molecular weight excluding hydrogens is 300 g/mol. The predicted molar refractivity (Wildman–Crippen MR) is 98.2 cm³/mol. The number of nitrogens with one attached hydrogen (secondary N) is 1. The maximum atomic E-state index is 12.4. The van der Waals surface area contributed by atoms with Gasteiger partial charge in [0.1, 0.15) is 5.75 Å². The van der Waals surface area contributed by atoms with Crippen molar-refractivity contribution in [3.05, 3.63) is 59.2 Å². The molecule has 2 rings (SSSR count). The maximum Gasteiger partial charge on any atom is 0.251 e. The summed E-state index contributed by atoms with van der Waals surface area (Å²) in [4.78, 5) is 12.4. The molecule has 0 aliphatic rings. The Bertz CT molecular complexity index is 696. The van der Waals surface area contributed by atoms with Gasteiger partial charge in [-0.05, 0) is 43.0 Å². The Labute approximate surface area is 144 Å². The highest BCUT2D eigenvalue weighted by Gasteiger charge is 2.11. The van der Waals surface area contributed by atoms with Crippen molar-refractivity contribution in [3.8, 4) is 5.75 Å². The number of anilines is 1. The lowest BCUT2D eigenvalue weighted by molar-refractivity contribution is 0.0950. The lowest BCUT2D eigenvalue weighted by atomic mass is 10.1. The minimum atomic E-state index is -0.128. The van der Waals surface area contributed by atoms with E-state index in [1.165, 1.54) is 0 Å². The van der Waals surface area contributed by atoms with Crippen LogP contribution in [0, 0.1) is 12.8 Å². The fourth-order valence-electron chi connectivity index (χ4n) is 2.35. The predicted octanol–water partition coefficient (Wildman–Crippen LogP) is 3.93. The molecule has 0 aliphatic heterocycles. The number of hydrogen-bond acceptors (Lipinski definition) is 3. The van der Waals surface area contributed by atoms with E-state index in [1.54, 1.807) is 12.1 Å². The average molecular weight is 326 g/mol. The second kappa shape index (κ2) is 8.39. The van der Waals surface area contributed by atoms with Gasteiger partial charge in [-0.15, -0.1) is 0 Å². The van der Waals surface area contributed by atoms with Crippen LogP contribution in [-0.2, 0) is 6.54 Å². The Kier molecular flexibility index (Phi) is 6.24. The summed E-state index contributed by atoms with van der Waals surface area (Å²) in [5, 5.41) is 2.95. The quantitative estimate of drug-likeness (QED) is 0.758. The van der Waals surface area contributed by atoms with Crippen molar-refractivity contribution in [1.29, 1.82) is 0 Å². The van der Waals surface area contributed by atoms with Crippen LogP contribution in [0.5, 0.6) is 5.75 Å². The van der Waals surface area contributed by atoms with Gasteiger partial charge in [-0.2, -0.15) is 0 Å². The van der Waals surface area contributed by atoms with Gasteiger partial charge in [-0.25, -0.2) is 0 Å². The summed E-state index contributed by atoms with van der Waals surface area (Å²) in [5.41, 5.74) is 8.84. The Balaban J connectivity index is 2.01. The summed E-state index contributed by atoms with van der Waals surface area (Å²) in [5.74, 6) is 1.29. The molecule has 24 heavy (non-hydrogen) atoms. The lowest BCUT2D eigenvalue weighted by Gasteiger charge is -2.14. The molecule has 4 nitrogen and oxygen atoms in total. The van der Waals surface area contributed by atoms with Gasteiger partial charge < -0.3 is 15.8 Å². The minimum Gasteiger partial charge on any atom is -0.493 e. The molecule has 0 saturated carbocycles. The molecule has 3 N–H and O–H groups in total. The maximum absolute atomic E-state index is 12.4. The fourth-order valence-corrected chi connectivity index (χ4v) is 2.35. The van der Waals surface area contributed by atoms with Gasteiger partial charge in [0.05, 0.1) is 6.61 Å². The van der Waals surface area contributed by atoms with E-state index >= 15 is 0 Å². The topological polar surface area (TPSA) is 64.4 Å². The van der Waals surface area contributed by atoms with E-state index in [0.717, 1.165) is 23.3 Å². The van der Waals surface area contributed by atoms with Crippen molar-refractivity contribution in [1.82, 2.24) is 5.32 Å². The first-order chi connectivity index (χ1) is 11.5. The first-order valence-corrected chi connectivity index (χ1v) is 8.32. The molecule has 2 aromatic rings. The number of nitrogen functional groups attached to an aromatic ring is 1. The number of para-hydroxylation sites is 1. The Morgan fingerprint density at radius 3 is 2.71 bits per heavy atom. The zero-order valence-corrected chi connectivity index (χ0v) is 14.6. The van der Waals surface area contributed by atoms with E-state index in [1.807, 2.05) is 37.3 Å². The Morgan fingerprint density at radius 1 is 1.21 bits per heavy atom. The van der Waals surface area contributed by atoms with Crippen molar-refractivity contribution >= 4 is 11.6 Å². The molecule has 0 atom stereocenters. The van der Waals surface area contributed by atoms with Crippen molar-refractivity contribution < 1.29 is 9.53 Å². The van der Waals surface area contributed by atoms with Gasteiger partial charge in [0, 0.05) is 23.4 Å². The molecular formula is C20H26N2O2. The smallest absolute Gasteiger partial charge is 0.251 e. The van der Waals surface area contributed by atoms with Crippen molar-refractivity contribution in [2.75, 3.05) is 12.3 Å². The lowest BCUT2D eigenvalue weighted by Crippen LogP contribution is -2.24. The van der Waals surface area contributed by atoms with Crippen LogP contribution in [-0.4, -0.2) is 12.5 Å². The summed E-state index contributed by atoms with van der Waals surface area (Å²) >= 11 is 0. The van der Waals surface area contributed by atoms with Crippen molar-refractivity contribution in [2.24, 2.45) is 5.92 Å². The van der Waals surface area contributed by atoms with E-state index in [0.29, 0.717) is 30.3 Å². The van der Waals surface area contributed by atoms with Crippen LogP contribution < -0.4 is 15.8 Å². The summed E-state index contributed by atoms with van der Waals surface area (Å²) < 4.78 is 5.86. The molecule has 0 aromatic heterocycles. The highest BCUT2D eigenvalue weighted by Crippen LogP contribution is 2.19. The van der Waals surface area contributed by atoms with Gasteiger partial charge in [-0.3, -0.25) is 4.79 Å². The molecule has 1 amide bonds. The highest BCUT2D eigenvalue weighted by atomic mass is 16.5. The number of rotatable bonds is 7. The van der Waals surface area contributed by atoms with Crippen LogP contribution >= 0.6 is 0 Å². The summed E-state index contributed by atoms with van der Waals surface area (Å²) in [6.07, 6.45) is 1.00. The highest BCUT2D eigenvalue weighted by molar-refractivity contribution is 5.96. The summed E-state index contributed by atoms with van der Waals surface area (Å²) in [6, 6.07) is 13.2. The number of nitrogens with two attached hydrogens (primary N) is 1. The number of carbonyl (C=O) groups excluding carboxylic acids is 1. The number of amides is 1. The van der Waals surface area contributed by atoms with Crippen LogP contribution in [0.2, 0.25) is 0 Å². The SMILES string of the molecule is Cc1ccc(N)cc1C(=O)NCc1ccccc1OCCC(C)C. The largest absolute Gasteiger partial charge is 0.493 e. The average Bonchev–Trinajstić information content (AvgIpc) is 2.55. The van der Waals surface area contributed by atoms with Gasteiger partial charge in [0.25, 0.3) is 5.91 Å². The number of carbonyl (C=O) groups is 1. The number of benzene rings is 2. The number of hydrogen-bond donors (Lipinski definition) is 2. The minimum absolute atomic E-state index is 0.128. The van der Waals surface area contributed by atoms with E-state index < -0.39 is 0 Å². The molecule has 2 aromatic carbocycles. The molecule has 0 aliphatic carbocycles. The normalized spacial score (nSPS) is 10.7. The molecule has 128 valence electrons. The van der Waals surface area contributed by atoms with Gasteiger partial charge in [0.2, 0.25) is 0 Å². The second-order valence-corrected chi connectivity index (χ2v) is 6.40. The van der Waals surface area contributed by atoms with E-state index in [9.17, 15) is 4.79 Å². The Hall–Kier alpha value is -2.49. The number of aryl methyl sites for hydroxylation is 1. The Morgan fingerprint density at radius 2 is 1.96 bits per heavy atom. The summed E-state index contributed by atoms with van der Waals surface area (Å²) in [6.45, 7) is 7.34. The number of ether oxygens (including phenoxy) is 1. The molecule has 0 bridgehead atoms. The molecule has 0 unspecified atom stereocenters. The molecule has 4 heteroatoms. The molecule has 0 heterocycles. The van der Waals surface area contributed by atoms with Crippen molar-refractivity contribution in [2.45, 2.75) is 33.7 Å². The molecule has 0 fully saturated rings. The zero-order valence-electron chi connectivity index (χ0n) is 14.6. The van der Waals surface area contributed by atoms with Crippen LogP contribution in [0.1, 0.15) is 41.8 Å². The van der Waals surface area contributed by atoms with E-state index in [2.05, 4.69) is 19.2 Å². The van der Waals surface area contributed by atoms with E-state index in [4.69, 9.17) is 10.5 Å². The third kappa shape index (κ3) is 5.01. The standard InChI is InChI=1S/C20H26N2O2/c1-14(2)10-11-24-19-7-5-4-6-16(19)13-22-20(23)18-12-17(21)9-8-15(18)3/h4-9,12,14H,10-11,13,21H2,1-3H3,(H,22,23). The third-order valence-corrected chi connectivity index (χ3v) is 3.87. The van der Waals surface area contributed by atoms with Crippen LogP contribution in [0.15, 0.2) is 42.5 Å². The van der Waals surface area contributed by atoms with Crippen LogP contribution in [0.25, 0.3) is 0 Å². The second-order valence-electron chi connectivity index (χ2n) is 6.40.